The zero-order valence-electron chi connectivity index (χ0n) is 10.4. The number of hydrogen-bond donors (Lipinski definition) is 0. The van der Waals surface area contributed by atoms with Crippen LogP contribution in [0.1, 0.15) is 5.69 Å². The fourth-order valence-corrected chi connectivity index (χ4v) is 1.79. The van der Waals surface area contributed by atoms with Crippen LogP contribution >= 0.6 is 11.6 Å². The van der Waals surface area contributed by atoms with E-state index in [1.807, 2.05) is 0 Å². The van der Waals surface area contributed by atoms with Gasteiger partial charge in [-0.25, -0.2) is 4.79 Å². The number of aromatic nitrogens is 2. The van der Waals surface area contributed by atoms with Crippen molar-refractivity contribution in [1.29, 1.82) is 0 Å². The van der Waals surface area contributed by atoms with Crippen LogP contribution in [0.3, 0.4) is 0 Å². The van der Waals surface area contributed by atoms with E-state index in [0.29, 0.717) is 15.2 Å². The Hall–Kier alpha value is -1.33. The smallest absolute Gasteiger partial charge is 0.293 e. The third-order valence-electron chi connectivity index (χ3n) is 2.63. The molecule has 0 saturated heterocycles. The van der Waals surface area contributed by atoms with Crippen molar-refractivity contribution in [2.45, 2.75) is 6.18 Å². The molecule has 0 N–H and O–H groups in total. The van der Waals surface area contributed by atoms with E-state index >= 15 is 0 Å². The fourth-order valence-electron chi connectivity index (χ4n) is 1.67. The minimum atomic E-state index is -4.78. The maximum atomic E-state index is 12.7. The third kappa shape index (κ3) is 3.47. The van der Waals surface area contributed by atoms with Crippen molar-refractivity contribution in [1.82, 2.24) is 9.13 Å². The first kappa shape index (κ1) is 17.7. The van der Waals surface area contributed by atoms with Crippen molar-refractivity contribution >= 4 is 11.6 Å². The summed E-state index contributed by atoms with van der Waals surface area (Å²) in [5.74, 6) is 0. The van der Waals surface area contributed by atoms with Crippen LogP contribution in [0.5, 0.6) is 0 Å². The Kier molecular flexibility index (Phi) is 5.23. The van der Waals surface area contributed by atoms with Gasteiger partial charge in [0.2, 0.25) is 5.56 Å². The minimum absolute atomic E-state index is 0. The second-order valence-electron chi connectivity index (χ2n) is 3.94. The molecule has 1 aromatic heterocycles. The van der Waals surface area contributed by atoms with Crippen LogP contribution < -0.4 is 11.2 Å². The van der Waals surface area contributed by atoms with Gasteiger partial charge in [-0.05, 0) is 0 Å². The molecule has 0 aliphatic carbocycles. The molecule has 0 radical (unpaired) electrons. The van der Waals surface area contributed by atoms with Gasteiger partial charge in [0.25, 0.3) is 0 Å². The molecule has 0 aliphatic heterocycles. The van der Waals surface area contributed by atoms with Gasteiger partial charge < -0.3 is 0 Å². The molecule has 4 nitrogen and oxygen atoms in total. The largest absolute Gasteiger partial charge is 0.431 e. The van der Waals surface area contributed by atoms with Crippen LogP contribution in [0.2, 0.25) is 5.02 Å². The van der Waals surface area contributed by atoms with Gasteiger partial charge in [-0.3, -0.25) is 13.9 Å². The number of hydrogen-bond acceptors (Lipinski definition) is 2. The van der Waals surface area contributed by atoms with Gasteiger partial charge in [-0.2, -0.15) is 31.4 Å². The summed E-state index contributed by atoms with van der Waals surface area (Å²) >= 11 is 5.62. The van der Waals surface area contributed by atoms with Crippen LogP contribution in [-0.4, -0.2) is 9.13 Å². The SMILES string of the molecule is Cn1c(C(F)(F)F)cc(=O)n(-c2c[c-]c(Cl)cc2)c1=O.[W]. The molecule has 9 heteroatoms. The number of halogens is 4. The van der Waals surface area contributed by atoms with Gasteiger partial charge in [-0.15, -0.1) is 17.7 Å². The Morgan fingerprint density at radius 2 is 1.86 bits per heavy atom. The summed E-state index contributed by atoms with van der Waals surface area (Å²) < 4.78 is 39.0. The van der Waals surface area contributed by atoms with E-state index in [4.69, 9.17) is 11.6 Å². The second-order valence-corrected chi connectivity index (χ2v) is 4.34. The summed E-state index contributed by atoms with van der Waals surface area (Å²) in [6, 6.07) is 6.89. The van der Waals surface area contributed by atoms with Gasteiger partial charge >= 0.3 is 11.9 Å². The molecule has 0 atom stereocenters. The van der Waals surface area contributed by atoms with Crippen molar-refractivity contribution < 1.29 is 34.2 Å². The molecule has 1 heterocycles. The third-order valence-corrected chi connectivity index (χ3v) is 2.86. The monoisotopic (exact) mass is 487 g/mol. The topological polar surface area (TPSA) is 44.0 Å². The Bertz CT molecular complexity index is 766. The molecule has 0 saturated carbocycles. The molecule has 0 bridgehead atoms. The quantitative estimate of drug-likeness (QED) is 0.578. The molecular formula is C12H7ClF3N2O2W-. The van der Waals surface area contributed by atoms with Gasteiger partial charge in [0.1, 0.15) is 5.69 Å². The van der Waals surface area contributed by atoms with Crippen LogP contribution in [-0.2, 0) is 34.3 Å². The molecule has 0 unspecified atom stereocenters. The molecule has 1 aromatic carbocycles. The van der Waals surface area contributed by atoms with E-state index in [9.17, 15) is 22.8 Å². The summed E-state index contributed by atoms with van der Waals surface area (Å²) in [6.45, 7) is 0. The average molecular weight is 487 g/mol. The molecule has 0 aliphatic rings. The average Bonchev–Trinajstić information content (AvgIpc) is 2.35. The Balaban J connectivity index is 0.00000220. The van der Waals surface area contributed by atoms with E-state index in [-0.39, 0.29) is 31.8 Å². The fraction of sp³-hybridized carbons (Fsp3) is 0.167. The van der Waals surface area contributed by atoms with E-state index < -0.39 is 23.1 Å². The van der Waals surface area contributed by atoms with E-state index in [2.05, 4.69) is 6.07 Å². The summed E-state index contributed by atoms with van der Waals surface area (Å²) in [5, 5.41) is 0.255. The predicted octanol–water partition coefficient (Wildman–Crippen LogP) is 2.01. The zero-order valence-corrected chi connectivity index (χ0v) is 14.1. The first-order valence-corrected chi connectivity index (χ1v) is 5.67. The Labute approximate surface area is 136 Å². The van der Waals surface area contributed by atoms with Gasteiger partial charge in [0.15, 0.2) is 0 Å². The number of rotatable bonds is 1. The Morgan fingerprint density at radius 3 is 2.33 bits per heavy atom. The van der Waals surface area contributed by atoms with Gasteiger partial charge in [0, 0.05) is 34.2 Å². The molecule has 0 amide bonds. The Morgan fingerprint density at radius 1 is 1.24 bits per heavy atom. The van der Waals surface area contributed by atoms with Crippen molar-refractivity contribution in [3.8, 4) is 5.69 Å². The van der Waals surface area contributed by atoms with Crippen molar-refractivity contribution in [3.05, 3.63) is 61.9 Å². The van der Waals surface area contributed by atoms with Crippen LogP contribution in [0.4, 0.5) is 13.2 Å². The maximum Gasteiger partial charge on any atom is 0.431 e. The summed E-state index contributed by atoms with van der Waals surface area (Å²) in [6.07, 6.45) is -4.78. The van der Waals surface area contributed by atoms with E-state index in [1.165, 1.54) is 18.2 Å². The minimum Gasteiger partial charge on any atom is -0.293 e. The number of benzene rings is 1. The maximum absolute atomic E-state index is 12.7. The van der Waals surface area contributed by atoms with E-state index in [1.54, 1.807) is 0 Å². The summed E-state index contributed by atoms with van der Waals surface area (Å²) in [5.41, 5.74) is -3.38. The molecule has 0 fully saturated rings. The standard InChI is InChI=1S/C12H7ClF3N2O2.W/c1-17-9(12(14,15)16)6-10(19)18(11(17)20)8-4-2-7(13)3-5-8;/h2,4-6H,1H3;/q-1;. The number of nitrogens with zero attached hydrogens (tertiary/aromatic N) is 2. The first-order valence-electron chi connectivity index (χ1n) is 5.29. The van der Waals surface area contributed by atoms with Crippen molar-refractivity contribution in [3.63, 3.8) is 0 Å². The molecule has 112 valence electrons. The number of alkyl halides is 3. The van der Waals surface area contributed by atoms with E-state index in [0.717, 1.165) is 7.05 Å². The summed E-state index contributed by atoms with van der Waals surface area (Å²) in [4.78, 5) is 23.7. The molecule has 21 heavy (non-hydrogen) atoms. The van der Waals surface area contributed by atoms with Crippen LogP contribution in [0.15, 0.2) is 33.9 Å². The summed E-state index contributed by atoms with van der Waals surface area (Å²) in [7, 11) is 0.945. The predicted molar refractivity (Wildman–Crippen MR) is 66.1 cm³/mol. The zero-order chi connectivity index (χ0) is 15.1. The molecule has 2 aromatic rings. The van der Waals surface area contributed by atoms with Gasteiger partial charge in [-0.1, -0.05) is 10.7 Å². The van der Waals surface area contributed by atoms with Crippen molar-refractivity contribution in [2.24, 2.45) is 7.05 Å². The van der Waals surface area contributed by atoms with Gasteiger partial charge in [0.05, 0.1) is 0 Å². The van der Waals surface area contributed by atoms with Crippen molar-refractivity contribution in [2.75, 3.05) is 0 Å². The molecule has 2 rings (SSSR count). The van der Waals surface area contributed by atoms with Crippen LogP contribution in [0, 0.1) is 6.07 Å². The van der Waals surface area contributed by atoms with Crippen LogP contribution in [0.25, 0.3) is 5.69 Å². The molecular weight excluding hydrogens is 480 g/mol. The molecule has 0 spiro atoms. The first-order chi connectivity index (χ1) is 9.21. The normalized spacial score (nSPS) is 11.1. The second kappa shape index (κ2) is 6.20.